The van der Waals surface area contributed by atoms with Crippen molar-refractivity contribution in [3.05, 3.63) is 34.3 Å². The Morgan fingerprint density at radius 1 is 1.15 bits per heavy atom. The van der Waals surface area contributed by atoms with Crippen LogP contribution in [0.15, 0.2) is 28.7 Å². The molecule has 0 radical (unpaired) electrons. The van der Waals surface area contributed by atoms with Crippen LogP contribution in [-0.2, 0) is 6.61 Å². The van der Waals surface area contributed by atoms with Gasteiger partial charge in [-0.05, 0) is 13.0 Å². The van der Waals surface area contributed by atoms with Crippen molar-refractivity contribution in [2.75, 3.05) is 12.0 Å². The van der Waals surface area contributed by atoms with Crippen molar-refractivity contribution in [2.45, 2.75) is 13.5 Å². The van der Waals surface area contributed by atoms with Crippen molar-refractivity contribution in [3.63, 3.8) is 0 Å². The van der Waals surface area contributed by atoms with E-state index in [0.717, 1.165) is 10.0 Å². The van der Waals surface area contributed by atoms with E-state index in [-0.39, 0.29) is 18.0 Å². The summed E-state index contributed by atoms with van der Waals surface area (Å²) in [7, 11) is 0. The van der Waals surface area contributed by atoms with Crippen LogP contribution < -0.4 is 20.7 Å². The summed E-state index contributed by atoms with van der Waals surface area (Å²) >= 11 is 3.45. The molecule has 1 heterocycles. The van der Waals surface area contributed by atoms with Crippen molar-refractivity contribution in [1.82, 2.24) is 15.0 Å². The lowest BCUT2D eigenvalue weighted by Crippen LogP contribution is -2.13. The average molecular weight is 340 g/mol. The molecule has 3 N–H and O–H groups in total. The van der Waals surface area contributed by atoms with Gasteiger partial charge >= 0.3 is 12.0 Å². The fourth-order valence-corrected chi connectivity index (χ4v) is 1.82. The molecule has 0 bridgehead atoms. The van der Waals surface area contributed by atoms with Crippen LogP contribution in [-0.4, -0.2) is 21.6 Å². The van der Waals surface area contributed by atoms with E-state index in [9.17, 15) is 0 Å². The Hall–Kier alpha value is -1.93. The average Bonchev–Trinajstić information content (AvgIpc) is 2.46. The lowest BCUT2D eigenvalue weighted by molar-refractivity contribution is 0.261. The molecule has 0 unspecified atom stereocenters. The maximum atomic E-state index is 5.53. The number of benzene rings is 1. The van der Waals surface area contributed by atoms with E-state index >= 15 is 0 Å². The van der Waals surface area contributed by atoms with Gasteiger partial charge in [-0.3, -0.25) is 5.43 Å². The highest BCUT2D eigenvalue weighted by molar-refractivity contribution is 9.10. The number of hydrogen-bond acceptors (Lipinski definition) is 7. The molecule has 7 nitrogen and oxygen atoms in total. The van der Waals surface area contributed by atoms with Gasteiger partial charge < -0.3 is 9.47 Å². The van der Waals surface area contributed by atoms with Gasteiger partial charge in [0.2, 0.25) is 5.95 Å². The third-order valence-corrected chi connectivity index (χ3v) is 3.09. The smallest absolute Gasteiger partial charge is 0.324 e. The van der Waals surface area contributed by atoms with Gasteiger partial charge in [-0.25, -0.2) is 5.84 Å². The van der Waals surface area contributed by atoms with E-state index < -0.39 is 0 Å². The van der Waals surface area contributed by atoms with E-state index in [2.05, 4.69) is 36.3 Å². The van der Waals surface area contributed by atoms with Crippen molar-refractivity contribution >= 4 is 21.9 Å². The Balaban J connectivity index is 2.12. The summed E-state index contributed by atoms with van der Waals surface area (Å²) in [5.41, 5.74) is 3.32. The molecular weight excluding hydrogens is 326 g/mol. The quantitative estimate of drug-likeness (QED) is 0.612. The maximum absolute atomic E-state index is 5.53. The molecule has 2 rings (SSSR count). The molecule has 0 fully saturated rings. The van der Waals surface area contributed by atoms with Gasteiger partial charge in [0.05, 0.1) is 6.61 Å². The number of nitrogens with two attached hydrogens (primary N) is 1. The van der Waals surface area contributed by atoms with Crippen LogP contribution in [0.1, 0.15) is 12.5 Å². The minimum Gasteiger partial charge on any atom is -0.464 e. The lowest BCUT2D eigenvalue weighted by Gasteiger charge is -2.08. The number of halogens is 1. The van der Waals surface area contributed by atoms with Crippen molar-refractivity contribution in [2.24, 2.45) is 5.84 Å². The monoisotopic (exact) mass is 339 g/mol. The van der Waals surface area contributed by atoms with Gasteiger partial charge in [-0.1, -0.05) is 34.1 Å². The van der Waals surface area contributed by atoms with Gasteiger partial charge in [0.1, 0.15) is 6.61 Å². The molecule has 0 aliphatic rings. The van der Waals surface area contributed by atoms with E-state index in [0.29, 0.717) is 13.2 Å². The summed E-state index contributed by atoms with van der Waals surface area (Å²) in [6.07, 6.45) is 0. The van der Waals surface area contributed by atoms with Crippen LogP contribution >= 0.6 is 15.9 Å². The molecule has 0 aliphatic carbocycles. The highest BCUT2D eigenvalue weighted by atomic mass is 79.9. The molecule has 106 valence electrons. The summed E-state index contributed by atoms with van der Waals surface area (Å²) in [6.45, 7) is 2.60. The van der Waals surface area contributed by atoms with Crippen LogP contribution in [0.25, 0.3) is 0 Å². The highest BCUT2D eigenvalue weighted by Gasteiger charge is 2.08. The summed E-state index contributed by atoms with van der Waals surface area (Å²) in [5.74, 6) is 5.48. The van der Waals surface area contributed by atoms with E-state index in [1.54, 1.807) is 0 Å². The van der Waals surface area contributed by atoms with Crippen molar-refractivity contribution in [1.29, 1.82) is 0 Å². The Labute approximate surface area is 124 Å². The Morgan fingerprint density at radius 3 is 2.50 bits per heavy atom. The van der Waals surface area contributed by atoms with Crippen LogP contribution in [0.3, 0.4) is 0 Å². The molecule has 0 spiro atoms. The second kappa shape index (κ2) is 7.01. The molecule has 0 saturated heterocycles. The zero-order chi connectivity index (χ0) is 14.4. The third-order valence-electron chi connectivity index (χ3n) is 2.31. The van der Waals surface area contributed by atoms with E-state index in [1.807, 2.05) is 31.2 Å². The zero-order valence-electron chi connectivity index (χ0n) is 10.8. The van der Waals surface area contributed by atoms with E-state index in [4.69, 9.17) is 15.3 Å². The Bertz CT molecular complexity index is 582. The first-order valence-corrected chi connectivity index (χ1v) is 6.74. The van der Waals surface area contributed by atoms with Crippen molar-refractivity contribution in [3.8, 4) is 12.0 Å². The number of aromatic nitrogens is 3. The molecule has 2 aromatic rings. The molecule has 0 aliphatic heterocycles. The first-order chi connectivity index (χ1) is 9.72. The molecule has 1 aromatic heterocycles. The van der Waals surface area contributed by atoms with Crippen molar-refractivity contribution < 1.29 is 9.47 Å². The highest BCUT2D eigenvalue weighted by Crippen LogP contribution is 2.18. The number of nitrogen functional groups attached to an aromatic ring is 1. The topological polar surface area (TPSA) is 95.2 Å². The van der Waals surface area contributed by atoms with Gasteiger partial charge in [0.25, 0.3) is 0 Å². The standard InChI is InChI=1S/C12H14BrN5O2/c1-2-19-11-15-10(18-14)16-12(17-11)20-7-8-5-3-4-6-9(8)13/h3-6H,2,7,14H2,1H3,(H,15,16,17,18). The number of hydrogen-bond donors (Lipinski definition) is 2. The molecule has 20 heavy (non-hydrogen) atoms. The first-order valence-electron chi connectivity index (χ1n) is 5.94. The number of nitrogens with zero attached hydrogens (tertiary/aromatic N) is 3. The minimum absolute atomic E-state index is 0.146. The number of hydrazine groups is 1. The molecular formula is C12H14BrN5O2. The molecule has 0 atom stereocenters. The zero-order valence-corrected chi connectivity index (χ0v) is 12.4. The number of anilines is 1. The van der Waals surface area contributed by atoms with Gasteiger partial charge in [-0.15, -0.1) is 4.98 Å². The summed E-state index contributed by atoms with van der Waals surface area (Å²) in [4.78, 5) is 12.0. The summed E-state index contributed by atoms with van der Waals surface area (Å²) in [6, 6.07) is 8.04. The van der Waals surface area contributed by atoms with Crippen LogP contribution in [0.2, 0.25) is 0 Å². The van der Waals surface area contributed by atoms with Gasteiger partial charge in [0.15, 0.2) is 0 Å². The fourth-order valence-electron chi connectivity index (χ4n) is 1.42. The Morgan fingerprint density at radius 2 is 1.85 bits per heavy atom. The lowest BCUT2D eigenvalue weighted by atomic mass is 10.2. The third kappa shape index (κ3) is 3.78. The van der Waals surface area contributed by atoms with Crippen LogP contribution in [0.5, 0.6) is 12.0 Å². The SMILES string of the molecule is CCOc1nc(NN)nc(OCc2ccccc2Br)n1. The van der Waals surface area contributed by atoms with Crippen LogP contribution in [0.4, 0.5) is 5.95 Å². The first kappa shape index (κ1) is 14.5. The summed E-state index contributed by atoms with van der Waals surface area (Å²) in [5, 5.41) is 0. The largest absolute Gasteiger partial charge is 0.464 e. The number of rotatable bonds is 6. The number of nitrogens with one attached hydrogen (secondary N) is 1. The number of ether oxygens (including phenoxy) is 2. The normalized spacial score (nSPS) is 10.2. The van der Waals surface area contributed by atoms with Gasteiger partial charge in [0, 0.05) is 10.0 Å². The predicted octanol–water partition coefficient (Wildman–Crippen LogP) is 1.90. The maximum Gasteiger partial charge on any atom is 0.324 e. The second-order valence-electron chi connectivity index (χ2n) is 3.68. The fraction of sp³-hybridized carbons (Fsp3) is 0.250. The predicted molar refractivity (Wildman–Crippen MR) is 77.3 cm³/mol. The molecule has 8 heteroatoms. The molecule has 0 saturated carbocycles. The Kier molecular flexibility index (Phi) is 5.08. The summed E-state index contributed by atoms with van der Waals surface area (Å²) < 4.78 is 11.7. The van der Waals surface area contributed by atoms with Crippen LogP contribution in [0, 0.1) is 0 Å². The molecule has 1 aromatic carbocycles. The second-order valence-corrected chi connectivity index (χ2v) is 4.54. The molecule has 0 amide bonds. The van der Waals surface area contributed by atoms with Gasteiger partial charge in [-0.2, -0.15) is 9.97 Å². The van der Waals surface area contributed by atoms with E-state index in [1.165, 1.54) is 0 Å². The minimum atomic E-state index is 0.146.